The molecule has 0 aromatic heterocycles. The highest BCUT2D eigenvalue weighted by Crippen LogP contribution is 2.26. The van der Waals surface area contributed by atoms with Gasteiger partial charge in [-0.3, -0.25) is 0 Å². The van der Waals surface area contributed by atoms with Gasteiger partial charge in [-0.2, -0.15) is 0 Å². The lowest BCUT2D eigenvalue weighted by Crippen LogP contribution is -2.08. The SMILES string of the molecule is C=CC(=O)OCCCCCCCOc1ccc(-c2ccc(OC(=O)c3ccc(OCCCCCCCCCC4CC(=C)C(=O)O4)cc3)cc2)cc1. The van der Waals surface area contributed by atoms with Gasteiger partial charge in [0.05, 0.1) is 25.4 Å². The zero-order valence-electron chi connectivity index (χ0n) is 29.8. The van der Waals surface area contributed by atoms with Crippen LogP contribution >= 0.6 is 0 Å². The third-order valence-electron chi connectivity index (χ3n) is 8.79. The highest BCUT2D eigenvalue weighted by Gasteiger charge is 2.26. The number of carbonyl (C=O) groups excluding carboxylic acids is 3. The molecule has 1 saturated heterocycles. The predicted molar refractivity (Wildman–Crippen MR) is 199 cm³/mol. The summed E-state index contributed by atoms with van der Waals surface area (Å²) in [5.41, 5.74) is 3.12. The van der Waals surface area contributed by atoms with Crippen LogP contribution in [-0.4, -0.2) is 43.8 Å². The average Bonchev–Trinajstić information content (AvgIpc) is 3.48. The van der Waals surface area contributed by atoms with Crippen molar-refractivity contribution in [1.82, 2.24) is 0 Å². The first-order chi connectivity index (χ1) is 24.9. The lowest BCUT2D eigenvalue weighted by molar-refractivity contribution is -0.139. The van der Waals surface area contributed by atoms with Gasteiger partial charge in [0.15, 0.2) is 0 Å². The van der Waals surface area contributed by atoms with Gasteiger partial charge in [-0.05, 0) is 91.8 Å². The van der Waals surface area contributed by atoms with E-state index in [0.29, 0.717) is 43.1 Å². The van der Waals surface area contributed by atoms with E-state index in [-0.39, 0.29) is 18.0 Å². The molecule has 1 atom stereocenters. The molecule has 3 aromatic rings. The fourth-order valence-electron chi connectivity index (χ4n) is 5.81. The number of rotatable bonds is 24. The van der Waals surface area contributed by atoms with Crippen LogP contribution < -0.4 is 14.2 Å². The molecule has 1 aliphatic heterocycles. The van der Waals surface area contributed by atoms with Crippen LogP contribution in [-0.2, 0) is 19.1 Å². The van der Waals surface area contributed by atoms with Crippen molar-refractivity contribution in [3.8, 4) is 28.4 Å². The summed E-state index contributed by atoms with van der Waals surface area (Å²) in [5, 5.41) is 0. The van der Waals surface area contributed by atoms with Crippen LogP contribution in [0.15, 0.2) is 97.6 Å². The first kappa shape index (κ1) is 38.9. The van der Waals surface area contributed by atoms with Crippen molar-refractivity contribution in [2.75, 3.05) is 19.8 Å². The van der Waals surface area contributed by atoms with Crippen molar-refractivity contribution in [3.63, 3.8) is 0 Å². The summed E-state index contributed by atoms with van der Waals surface area (Å²) in [6, 6.07) is 22.5. The molecule has 8 heteroatoms. The first-order valence-electron chi connectivity index (χ1n) is 18.4. The Morgan fingerprint density at radius 1 is 0.647 bits per heavy atom. The minimum Gasteiger partial charge on any atom is -0.494 e. The van der Waals surface area contributed by atoms with Crippen molar-refractivity contribution >= 4 is 17.9 Å². The Labute approximate surface area is 302 Å². The van der Waals surface area contributed by atoms with Gasteiger partial charge in [0.2, 0.25) is 0 Å². The standard InChI is InChI=1S/C43H52O8/c1-3-41(44)49-31-15-11-7-10-14-30-47-37-23-17-34(18-24-37)35-19-27-39(28-20-35)50-43(46)36-21-25-38(26-22-36)48-29-13-9-6-4-5-8-12-16-40-32-33(2)42(45)51-40/h3,17-28,40H,1-2,4-16,29-32H2. The van der Waals surface area contributed by atoms with Crippen molar-refractivity contribution in [1.29, 1.82) is 0 Å². The molecule has 1 heterocycles. The molecular weight excluding hydrogens is 644 g/mol. The largest absolute Gasteiger partial charge is 0.494 e. The van der Waals surface area contributed by atoms with Gasteiger partial charge >= 0.3 is 17.9 Å². The van der Waals surface area contributed by atoms with E-state index in [1.54, 1.807) is 36.4 Å². The number of ether oxygens (including phenoxy) is 5. The molecule has 4 rings (SSSR count). The number of esters is 3. The van der Waals surface area contributed by atoms with E-state index in [9.17, 15) is 14.4 Å². The zero-order valence-corrected chi connectivity index (χ0v) is 29.8. The van der Waals surface area contributed by atoms with Crippen molar-refractivity contribution in [3.05, 3.63) is 103 Å². The van der Waals surface area contributed by atoms with Crippen LogP contribution in [0.1, 0.15) is 100 Å². The number of cyclic esters (lactones) is 1. The molecule has 8 nitrogen and oxygen atoms in total. The van der Waals surface area contributed by atoms with Gasteiger partial charge < -0.3 is 23.7 Å². The first-order valence-corrected chi connectivity index (χ1v) is 18.4. The monoisotopic (exact) mass is 696 g/mol. The predicted octanol–water partition coefficient (Wildman–Crippen LogP) is 10.0. The third-order valence-corrected chi connectivity index (χ3v) is 8.79. The van der Waals surface area contributed by atoms with Crippen molar-refractivity contribution in [2.24, 2.45) is 0 Å². The molecule has 0 bridgehead atoms. The van der Waals surface area contributed by atoms with E-state index in [1.165, 1.54) is 25.3 Å². The zero-order chi connectivity index (χ0) is 36.1. The Morgan fingerprint density at radius 3 is 1.63 bits per heavy atom. The number of benzene rings is 3. The second-order valence-electron chi connectivity index (χ2n) is 12.9. The Kier molecular flexibility index (Phi) is 16.9. The molecule has 0 amide bonds. The highest BCUT2D eigenvalue weighted by atomic mass is 16.6. The van der Waals surface area contributed by atoms with E-state index >= 15 is 0 Å². The quantitative estimate of drug-likeness (QED) is 0.0395. The van der Waals surface area contributed by atoms with Crippen LogP contribution in [0, 0.1) is 0 Å². The number of unbranched alkanes of at least 4 members (excludes halogenated alkanes) is 10. The Bertz CT molecular complexity index is 1510. The Morgan fingerprint density at radius 2 is 1.12 bits per heavy atom. The maximum atomic E-state index is 12.7. The lowest BCUT2D eigenvalue weighted by Gasteiger charge is -2.09. The molecule has 0 radical (unpaired) electrons. The summed E-state index contributed by atoms with van der Waals surface area (Å²) in [7, 11) is 0. The maximum absolute atomic E-state index is 12.7. The fraction of sp³-hybridized carbons (Fsp3) is 0.419. The minimum absolute atomic E-state index is 0.0335. The summed E-state index contributed by atoms with van der Waals surface area (Å²) >= 11 is 0. The molecule has 1 unspecified atom stereocenters. The molecule has 3 aromatic carbocycles. The van der Waals surface area contributed by atoms with Gasteiger partial charge in [0.25, 0.3) is 0 Å². The van der Waals surface area contributed by atoms with Gasteiger partial charge in [-0.15, -0.1) is 0 Å². The molecule has 0 saturated carbocycles. The van der Waals surface area contributed by atoms with Gasteiger partial charge in [0.1, 0.15) is 23.4 Å². The molecular formula is C43H52O8. The van der Waals surface area contributed by atoms with E-state index in [4.69, 9.17) is 23.7 Å². The van der Waals surface area contributed by atoms with E-state index in [2.05, 4.69) is 13.2 Å². The lowest BCUT2D eigenvalue weighted by atomic mass is 10.0. The normalized spacial score (nSPS) is 13.8. The van der Waals surface area contributed by atoms with Crippen LogP contribution in [0.25, 0.3) is 11.1 Å². The molecule has 0 spiro atoms. The van der Waals surface area contributed by atoms with Gasteiger partial charge in [0, 0.05) is 18.1 Å². The summed E-state index contributed by atoms with van der Waals surface area (Å²) < 4.78 is 27.6. The smallest absolute Gasteiger partial charge is 0.343 e. The topological polar surface area (TPSA) is 97.4 Å². The average molecular weight is 697 g/mol. The molecule has 51 heavy (non-hydrogen) atoms. The summed E-state index contributed by atoms with van der Waals surface area (Å²) in [4.78, 5) is 35.1. The second kappa shape index (κ2) is 22.1. The minimum atomic E-state index is -0.417. The maximum Gasteiger partial charge on any atom is 0.343 e. The van der Waals surface area contributed by atoms with Crippen LogP contribution in [0.4, 0.5) is 0 Å². The second-order valence-corrected chi connectivity index (χ2v) is 12.9. The number of hydrogen-bond acceptors (Lipinski definition) is 8. The summed E-state index contributed by atoms with van der Waals surface area (Å²) in [6.45, 7) is 8.87. The van der Waals surface area contributed by atoms with E-state index in [1.807, 2.05) is 36.4 Å². The Balaban J connectivity index is 1.04. The van der Waals surface area contributed by atoms with Crippen LogP contribution in [0.2, 0.25) is 0 Å². The third kappa shape index (κ3) is 14.5. The van der Waals surface area contributed by atoms with E-state index in [0.717, 1.165) is 86.8 Å². The molecule has 0 aliphatic carbocycles. The summed E-state index contributed by atoms with van der Waals surface area (Å²) in [5.74, 6) is 1.03. The van der Waals surface area contributed by atoms with Crippen molar-refractivity contribution < 1.29 is 38.1 Å². The molecule has 1 aliphatic rings. The van der Waals surface area contributed by atoms with Crippen LogP contribution in [0.5, 0.6) is 17.2 Å². The molecule has 272 valence electrons. The Hall–Kier alpha value is -4.85. The molecule has 0 N–H and O–H groups in total. The highest BCUT2D eigenvalue weighted by molar-refractivity contribution is 5.91. The number of carbonyl (C=O) groups is 3. The summed E-state index contributed by atoms with van der Waals surface area (Å²) in [6.07, 6.45) is 15.7. The van der Waals surface area contributed by atoms with Gasteiger partial charge in [-0.25, -0.2) is 14.4 Å². The number of hydrogen-bond donors (Lipinski definition) is 0. The fourth-order valence-corrected chi connectivity index (χ4v) is 5.81. The van der Waals surface area contributed by atoms with E-state index < -0.39 is 5.97 Å². The molecule has 1 fully saturated rings. The van der Waals surface area contributed by atoms with Gasteiger partial charge in [-0.1, -0.05) is 88.8 Å². The van der Waals surface area contributed by atoms with Crippen molar-refractivity contribution in [2.45, 2.75) is 96.0 Å². The van der Waals surface area contributed by atoms with Crippen LogP contribution in [0.3, 0.4) is 0 Å².